The van der Waals surface area contributed by atoms with E-state index in [0.717, 1.165) is 0 Å². The fourth-order valence-electron chi connectivity index (χ4n) is 2.26. The first kappa shape index (κ1) is 11.7. The van der Waals surface area contributed by atoms with Gasteiger partial charge in [0.1, 0.15) is 23.7 Å². The highest BCUT2D eigenvalue weighted by Gasteiger charge is 2.48. The summed E-state index contributed by atoms with van der Waals surface area (Å²) in [6.45, 7) is 1.60. The number of hydrogen-bond acceptors (Lipinski definition) is 4. The SMILES string of the molecule is CCC(C(=O)O)C1(O)COc2cc(O)ccc21. The van der Waals surface area contributed by atoms with Gasteiger partial charge < -0.3 is 20.1 Å². The van der Waals surface area contributed by atoms with Crippen LogP contribution in [0.2, 0.25) is 0 Å². The van der Waals surface area contributed by atoms with Crippen molar-refractivity contribution in [3.63, 3.8) is 0 Å². The number of carbonyl (C=O) groups is 1. The van der Waals surface area contributed by atoms with Crippen molar-refractivity contribution in [3.05, 3.63) is 23.8 Å². The lowest BCUT2D eigenvalue weighted by Gasteiger charge is -2.27. The van der Waals surface area contributed by atoms with Crippen LogP contribution >= 0.6 is 0 Å². The third-order valence-corrected chi connectivity index (χ3v) is 3.16. The number of ether oxygens (including phenoxy) is 1. The van der Waals surface area contributed by atoms with Gasteiger partial charge in [-0.3, -0.25) is 4.79 Å². The van der Waals surface area contributed by atoms with Gasteiger partial charge >= 0.3 is 5.97 Å². The van der Waals surface area contributed by atoms with Crippen LogP contribution in [0.1, 0.15) is 18.9 Å². The molecule has 0 spiro atoms. The quantitative estimate of drug-likeness (QED) is 0.733. The van der Waals surface area contributed by atoms with Crippen molar-refractivity contribution in [3.8, 4) is 11.5 Å². The first-order chi connectivity index (χ1) is 7.99. The largest absolute Gasteiger partial charge is 0.508 e. The van der Waals surface area contributed by atoms with E-state index in [0.29, 0.717) is 17.7 Å². The molecular weight excluding hydrogens is 224 g/mol. The van der Waals surface area contributed by atoms with Crippen LogP contribution in [-0.2, 0) is 10.4 Å². The first-order valence-corrected chi connectivity index (χ1v) is 5.40. The van der Waals surface area contributed by atoms with Crippen molar-refractivity contribution < 1.29 is 24.9 Å². The van der Waals surface area contributed by atoms with Crippen molar-refractivity contribution in [1.29, 1.82) is 0 Å². The van der Waals surface area contributed by atoms with E-state index in [1.165, 1.54) is 18.2 Å². The van der Waals surface area contributed by atoms with E-state index in [2.05, 4.69) is 0 Å². The zero-order valence-corrected chi connectivity index (χ0v) is 9.38. The van der Waals surface area contributed by atoms with E-state index in [4.69, 9.17) is 9.84 Å². The molecule has 0 fully saturated rings. The van der Waals surface area contributed by atoms with Crippen molar-refractivity contribution in [2.24, 2.45) is 5.92 Å². The minimum Gasteiger partial charge on any atom is -0.508 e. The summed E-state index contributed by atoms with van der Waals surface area (Å²) in [5.74, 6) is -1.61. The molecule has 1 aromatic rings. The smallest absolute Gasteiger partial charge is 0.309 e. The van der Waals surface area contributed by atoms with E-state index in [-0.39, 0.29) is 12.4 Å². The highest BCUT2D eigenvalue weighted by Crippen LogP contribution is 2.44. The first-order valence-electron chi connectivity index (χ1n) is 5.40. The minimum atomic E-state index is -1.52. The van der Waals surface area contributed by atoms with E-state index in [9.17, 15) is 15.0 Å². The molecule has 0 aliphatic carbocycles. The molecule has 17 heavy (non-hydrogen) atoms. The molecule has 2 unspecified atom stereocenters. The number of rotatable bonds is 3. The number of carboxylic acids is 1. The zero-order chi connectivity index (χ0) is 12.6. The molecule has 0 saturated carbocycles. The van der Waals surface area contributed by atoms with E-state index in [1.807, 2.05) is 0 Å². The van der Waals surface area contributed by atoms with Crippen molar-refractivity contribution >= 4 is 5.97 Å². The summed E-state index contributed by atoms with van der Waals surface area (Å²) in [6, 6.07) is 4.29. The molecule has 0 amide bonds. The van der Waals surface area contributed by atoms with E-state index in [1.54, 1.807) is 6.92 Å². The van der Waals surface area contributed by atoms with E-state index >= 15 is 0 Å². The molecule has 2 rings (SSSR count). The lowest BCUT2D eigenvalue weighted by molar-refractivity contribution is -0.154. The standard InChI is InChI=1S/C12H14O5/c1-2-8(11(14)15)12(16)6-17-10-5-7(13)3-4-9(10)12/h3-5,8,13,16H,2,6H2,1H3,(H,14,15). The zero-order valence-electron chi connectivity index (χ0n) is 9.38. The van der Waals surface area contributed by atoms with Crippen LogP contribution < -0.4 is 4.74 Å². The average molecular weight is 238 g/mol. The van der Waals surface area contributed by atoms with Gasteiger partial charge in [0, 0.05) is 11.6 Å². The van der Waals surface area contributed by atoms with Gasteiger partial charge in [-0.25, -0.2) is 0 Å². The van der Waals surface area contributed by atoms with Gasteiger partial charge in [-0.2, -0.15) is 0 Å². The summed E-state index contributed by atoms with van der Waals surface area (Å²) in [5.41, 5.74) is -1.10. The van der Waals surface area contributed by atoms with Gasteiger partial charge in [0.15, 0.2) is 0 Å². The van der Waals surface area contributed by atoms with Crippen LogP contribution in [0.4, 0.5) is 0 Å². The molecule has 0 bridgehead atoms. The lowest BCUT2D eigenvalue weighted by atomic mass is 9.81. The number of phenols is 1. The summed E-state index contributed by atoms with van der Waals surface area (Å²) in [4.78, 5) is 11.1. The summed E-state index contributed by atoms with van der Waals surface area (Å²) in [7, 11) is 0. The topological polar surface area (TPSA) is 87.0 Å². The Labute approximate surface area is 98.3 Å². The Hall–Kier alpha value is -1.75. The molecule has 0 aromatic heterocycles. The molecule has 0 saturated heterocycles. The average Bonchev–Trinajstić information content (AvgIpc) is 2.57. The second-order valence-corrected chi connectivity index (χ2v) is 4.19. The fraction of sp³-hybridized carbons (Fsp3) is 0.417. The number of carboxylic acid groups (broad SMARTS) is 1. The molecule has 3 N–H and O–H groups in total. The van der Waals surface area contributed by atoms with Crippen LogP contribution in [0.3, 0.4) is 0 Å². The van der Waals surface area contributed by atoms with Gasteiger partial charge in [0.25, 0.3) is 0 Å². The molecule has 5 nitrogen and oxygen atoms in total. The number of aliphatic hydroxyl groups is 1. The van der Waals surface area contributed by atoms with Gasteiger partial charge in [-0.15, -0.1) is 0 Å². The second kappa shape index (κ2) is 3.92. The van der Waals surface area contributed by atoms with Gasteiger partial charge in [0.2, 0.25) is 0 Å². The monoisotopic (exact) mass is 238 g/mol. The molecule has 5 heteroatoms. The van der Waals surface area contributed by atoms with Gasteiger partial charge in [-0.1, -0.05) is 6.92 Å². The number of hydrogen-bond donors (Lipinski definition) is 3. The predicted molar refractivity (Wildman–Crippen MR) is 58.9 cm³/mol. The van der Waals surface area contributed by atoms with Crippen molar-refractivity contribution in [1.82, 2.24) is 0 Å². The Morgan fingerprint density at radius 3 is 2.88 bits per heavy atom. The summed E-state index contributed by atoms with van der Waals surface area (Å²) in [5, 5.41) is 28.9. The van der Waals surface area contributed by atoms with Crippen LogP contribution in [0.25, 0.3) is 0 Å². The predicted octanol–water partition coefficient (Wildman–Crippen LogP) is 1.08. The number of aliphatic carboxylic acids is 1. The fourth-order valence-corrected chi connectivity index (χ4v) is 2.26. The third-order valence-electron chi connectivity index (χ3n) is 3.16. The van der Waals surface area contributed by atoms with Gasteiger partial charge in [0.05, 0.1) is 5.92 Å². The van der Waals surface area contributed by atoms with Crippen LogP contribution in [0.5, 0.6) is 11.5 Å². The van der Waals surface area contributed by atoms with Crippen LogP contribution in [0.15, 0.2) is 18.2 Å². The number of benzene rings is 1. The molecule has 1 aliphatic rings. The molecular formula is C12H14O5. The van der Waals surface area contributed by atoms with E-state index < -0.39 is 17.5 Å². The Morgan fingerprint density at radius 2 is 2.29 bits per heavy atom. The highest BCUT2D eigenvalue weighted by molar-refractivity contribution is 5.73. The second-order valence-electron chi connectivity index (χ2n) is 4.19. The number of phenolic OH excluding ortho intramolecular Hbond substituents is 1. The minimum absolute atomic E-state index is 0.0244. The molecule has 0 radical (unpaired) electrons. The maximum Gasteiger partial charge on any atom is 0.309 e. The third kappa shape index (κ3) is 1.72. The number of aromatic hydroxyl groups is 1. The normalized spacial score (nSPS) is 23.9. The van der Waals surface area contributed by atoms with Crippen LogP contribution in [0, 0.1) is 5.92 Å². The Balaban J connectivity index is 2.46. The molecule has 2 atom stereocenters. The molecule has 1 aromatic carbocycles. The molecule has 1 heterocycles. The maximum absolute atomic E-state index is 11.1. The molecule has 1 aliphatic heterocycles. The Morgan fingerprint density at radius 1 is 1.59 bits per heavy atom. The van der Waals surface area contributed by atoms with Crippen LogP contribution in [-0.4, -0.2) is 27.9 Å². The summed E-state index contributed by atoms with van der Waals surface area (Å²) in [6.07, 6.45) is 0.301. The summed E-state index contributed by atoms with van der Waals surface area (Å²) < 4.78 is 5.25. The van der Waals surface area contributed by atoms with Crippen molar-refractivity contribution in [2.75, 3.05) is 6.61 Å². The molecule has 92 valence electrons. The maximum atomic E-state index is 11.1. The van der Waals surface area contributed by atoms with Gasteiger partial charge in [-0.05, 0) is 18.6 Å². The summed E-state index contributed by atoms with van der Waals surface area (Å²) >= 11 is 0. The lowest BCUT2D eigenvalue weighted by Crippen LogP contribution is -2.41. The Bertz CT molecular complexity index is 456. The number of fused-ring (bicyclic) bond motifs is 1. The van der Waals surface area contributed by atoms with Crippen molar-refractivity contribution in [2.45, 2.75) is 18.9 Å². The Kier molecular flexibility index (Phi) is 2.71. The highest BCUT2D eigenvalue weighted by atomic mass is 16.5.